The van der Waals surface area contributed by atoms with Crippen LogP contribution in [0.3, 0.4) is 0 Å². The summed E-state index contributed by atoms with van der Waals surface area (Å²) in [7, 11) is -3.76. The van der Waals surface area contributed by atoms with E-state index in [1.165, 1.54) is 18.2 Å². The Balaban J connectivity index is 2.41. The van der Waals surface area contributed by atoms with Crippen LogP contribution in [0.5, 0.6) is 0 Å². The summed E-state index contributed by atoms with van der Waals surface area (Å²) < 4.78 is 28.4. The maximum Gasteiger partial charge on any atom is 0.335 e. The molecule has 0 amide bonds. The van der Waals surface area contributed by atoms with Crippen molar-refractivity contribution >= 4 is 64.9 Å². The average molecular weight is 455 g/mol. The third-order valence-electron chi connectivity index (χ3n) is 2.56. The number of nitrogens with one attached hydrogen (secondary N) is 1. The number of aryl methyl sites for hydroxylation is 1. The smallest absolute Gasteiger partial charge is 0.335 e. The Morgan fingerprint density at radius 3 is 2.48 bits per heavy atom. The second kappa shape index (κ2) is 6.07. The van der Waals surface area contributed by atoms with Crippen molar-refractivity contribution in [3.05, 3.63) is 43.7 Å². The van der Waals surface area contributed by atoms with E-state index < -0.39 is 16.0 Å². The Hall–Kier alpha value is -0.900. The minimum atomic E-state index is -3.76. The minimum absolute atomic E-state index is 0.000518. The van der Waals surface area contributed by atoms with Gasteiger partial charge in [-0.3, -0.25) is 4.72 Å². The number of thiophene rings is 1. The molecule has 0 atom stereocenters. The molecule has 1 aromatic heterocycles. The van der Waals surface area contributed by atoms with Gasteiger partial charge in [0.2, 0.25) is 0 Å². The molecule has 2 N–H and O–H groups in total. The number of carbonyl (C=O) groups is 1. The van der Waals surface area contributed by atoms with Gasteiger partial charge in [0.25, 0.3) is 10.0 Å². The molecular formula is C12H9Br2NO4S2. The molecular weight excluding hydrogens is 446 g/mol. The third kappa shape index (κ3) is 3.65. The quantitative estimate of drug-likeness (QED) is 0.728. The number of anilines is 1. The third-order valence-corrected chi connectivity index (χ3v) is 7.22. The summed E-state index contributed by atoms with van der Waals surface area (Å²) >= 11 is 7.57. The van der Waals surface area contributed by atoms with Crippen LogP contribution in [0.4, 0.5) is 5.69 Å². The summed E-state index contributed by atoms with van der Waals surface area (Å²) in [6, 6.07) is 5.68. The highest BCUT2D eigenvalue weighted by Crippen LogP contribution is 2.33. The Bertz CT molecular complexity index is 795. The van der Waals surface area contributed by atoms with Crippen LogP contribution < -0.4 is 4.72 Å². The Morgan fingerprint density at radius 1 is 1.29 bits per heavy atom. The molecule has 1 heterocycles. The van der Waals surface area contributed by atoms with Crippen LogP contribution in [0.15, 0.2) is 36.7 Å². The normalized spacial score (nSPS) is 11.4. The number of aromatic carboxylic acids is 1. The van der Waals surface area contributed by atoms with Gasteiger partial charge < -0.3 is 5.11 Å². The zero-order valence-electron chi connectivity index (χ0n) is 10.6. The molecule has 0 fully saturated rings. The largest absolute Gasteiger partial charge is 0.478 e. The summed E-state index contributed by atoms with van der Waals surface area (Å²) in [6.45, 7) is 1.79. The fourth-order valence-electron chi connectivity index (χ4n) is 1.50. The number of carboxylic acid groups (broad SMARTS) is 1. The second-order valence-electron chi connectivity index (χ2n) is 4.13. The van der Waals surface area contributed by atoms with Gasteiger partial charge in [-0.2, -0.15) is 0 Å². The number of hydrogen-bond donors (Lipinski definition) is 2. The molecule has 0 spiro atoms. The molecule has 0 radical (unpaired) electrons. The van der Waals surface area contributed by atoms with E-state index >= 15 is 0 Å². The van der Waals surface area contributed by atoms with E-state index in [0.717, 1.165) is 20.7 Å². The first kappa shape index (κ1) is 16.5. The Morgan fingerprint density at radius 2 is 1.95 bits per heavy atom. The second-order valence-corrected chi connectivity index (χ2v) is 9.26. The maximum atomic E-state index is 12.3. The van der Waals surface area contributed by atoms with Gasteiger partial charge in [0, 0.05) is 4.47 Å². The van der Waals surface area contributed by atoms with Gasteiger partial charge in [-0.25, -0.2) is 13.2 Å². The van der Waals surface area contributed by atoms with Gasteiger partial charge in [-0.1, -0.05) is 0 Å². The Labute approximate surface area is 142 Å². The van der Waals surface area contributed by atoms with E-state index in [2.05, 4.69) is 36.6 Å². The van der Waals surface area contributed by atoms with Gasteiger partial charge in [-0.05, 0) is 68.6 Å². The van der Waals surface area contributed by atoms with E-state index in [4.69, 9.17) is 5.11 Å². The molecule has 5 nitrogen and oxygen atoms in total. The maximum absolute atomic E-state index is 12.3. The molecule has 0 aliphatic carbocycles. The zero-order valence-corrected chi connectivity index (χ0v) is 15.4. The highest BCUT2D eigenvalue weighted by atomic mass is 79.9. The molecule has 2 aromatic rings. The number of halogens is 2. The molecule has 1 aromatic carbocycles. The molecule has 0 aliphatic rings. The van der Waals surface area contributed by atoms with Crippen molar-refractivity contribution in [3.8, 4) is 0 Å². The fraction of sp³-hybridized carbons (Fsp3) is 0.0833. The number of benzene rings is 1. The van der Waals surface area contributed by atoms with E-state index in [-0.39, 0.29) is 15.5 Å². The molecule has 112 valence electrons. The number of sulfonamides is 1. The highest BCUT2D eigenvalue weighted by Gasteiger charge is 2.20. The van der Waals surface area contributed by atoms with Crippen LogP contribution in [-0.4, -0.2) is 19.5 Å². The molecule has 2 rings (SSSR count). The summed E-state index contributed by atoms with van der Waals surface area (Å²) in [5, 5.41) is 8.96. The standard InChI is InChI=1S/C12H9Br2NO4S2/c1-6-4-10(20-11(6)14)21(18,19)15-9-5-7(12(16)17)2-3-8(9)13/h2-5,15H,1H3,(H,16,17). The van der Waals surface area contributed by atoms with Crippen molar-refractivity contribution in [2.45, 2.75) is 11.1 Å². The zero-order chi connectivity index (χ0) is 15.8. The van der Waals surface area contributed by atoms with Crippen molar-refractivity contribution in [3.63, 3.8) is 0 Å². The lowest BCUT2D eigenvalue weighted by atomic mass is 10.2. The summed E-state index contributed by atoms with van der Waals surface area (Å²) in [5.41, 5.74) is 0.996. The van der Waals surface area contributed by atoms with Crippen LogP contribution in [0.1, 0.15) is 15.9 Å². The summed E-state index contributed by atoms with van der Waals surface area (Å²) in [4.78, 5) is 11.0. The molecule has 9 heteroatoms. The molecule has 0 aliphatic heterocycles. The van der Waals surface area contributed by atoms with Gasteiger partial charge >= 0.3 is 5.97 Å². The van der Waals surface area contributed by atoms with Crippen LogP contribution >= 0.6 is 43.2 Å². The van der Waals surface area contributed by atoms with Crippen LogP contribution in [0.2, 0.25) is 0 Å². The first-order valence-electron chi connectivity index (χ1n) is 5.52. The number of hydrogen-bond acceptors (Lipinski definition) is 4. The van der Waals surface area contributed by atoms with Crippen molar-refractivity contribution < 1.29 is 18.3 Å². The van der Waals surface area contributed by atoms with Gasteiger partial charge in [-0.15, -0.1) is 11.3 Å². The highest BCUT2D eigenvalue weighted by molar-refractivity contribution is 9.11. The van der Waals surface area contributed by atoms with Gasteiger partial charge in [0.15, 0.2) is 0 Å². The number of carboxylic acids is 1. The van der Waals surface area contributed by atoms with E-state index in [1.54, 1.807) is 13.0 Å². The first-order chi connectivity index (χ1) is 9.70. The topological polar surface area (TPSA) is 83.5 Å². The molecule has 0 saturated heterocycles. The van der Waals surface area contributed by atoms with Crippen molar-refractivity contribution in [2.75, 3.05) is 4.72 Å². The monoisotopic (exact) mass is 453 g/mol. The molecule has 0 unspecified atom stereocenters. The van der Waals surface area contributed by atoms with Gasteiger partial charge in [0.1, 0.15) is 4.21 Å². The predicted molar refractivity (Wildman–Crippen MR) is 88.7 cm³/mol. The molecule has 0 saturated carbocycles. The summed E-state index contributed by atoms with van der Waals surface area (Å²) in [6.07, 6.45) is 0. The number of rotatable bonds is 4. The average Bonchev–Trinajstić information content (AvgIpc) is 2.73. The van der Waals surface area contributed by atoms with Crippen LogP contribution in [0, 0.1) is 6.92 Å². The van der Waals surface area contributed by atoms with Crippen LogP contribution in [-0.2, 0) is 10.0 Å². The van der Waals surface area contributed by atoms with E-state index in [9.17, 15) is 13.2 Å². The molecule has 0 bridgehead atoms. The predicted octanol–water partition coefficient (Wildman–Crippen LogP) is 4.08. The SMILES string of the molecule is Cc1cc(S(=O)(=O)Nc2cc(C(=O)O)ccc2Br)sc1Br. The van der Waals surface area contributed by atoms with Gasteiger partial charge in [0.05, 0.1) is 15.0 Å². The first-order valence-corrected chi connectivity index (χ1v) is 9.41. The van der Waals surface area contributed by atoms with Crippen molar-refractivity contribution in [2.24, 2.45) is 0 Å². The fourth-order valence-corrected chi connectivity index (χ4v) is 5.27. The molecule has 21 heavy (non-hydrogen) atoms. The lowest BCUT2D eigenvalue weighted by molar-refractivity contribution is 0.0697. The lowest BCUT2D eigenvalue weighted by Crippen LogP contribution is -2.12. The lowest BCUT2D eigenvalue weighted by Gasteiger charge is -2.09. The van der Waals surface area contributed by atoms with Crippen LogP contribution in [0.25, 0.3) is 0 Å². The van der Waals surface area contributed by atoms with E-state index in [0.29, 0.717) is 4.47 Å². The van der Waals surface area contributed by atoms with Crippen molar-refractivity contribution in [1.82, 2.24) is 0 Å². The summed E-state index contributed by atoms with van der Waals surface area (Å²) in [5.74, 6) is -1.13. The van der Waals surface area contributed by atoms with E-state index in [1.807, 2.05) is 0 Å². The minimum Gasteiger partial charge on any atom is -0.478 e. The Kier molecular flexibility index (Phi) is 4.76. The van der Waals surface area contributed by atoms with Crippen molar-refractivity contribution in [1.29, 1.82) is 0 Å².